The molecule has 20 heavy (non-hydrogen) atoms. The number of aryl methyl sites for hydroxylation is 1. The Morgan fingerprint density at radius 1 is 1.45 bits per heavy atom. The number of carbonyl (C=O) groups is 1. The van der Waals surface area contributed by atoms with Gasteiger partial charge in [-0.1, -0.05) is 6.07 Å². The summed E-state index contributed by atoms with van der Waals surface area (Å²) in [6, 6.07) is 4.90. The minimum Gasteiger partial charge on any atom is -0.355 e. The molecule has 0 radical (unpaired) electrons. The van der Waals surface area contributed by atoms with E-state index in [1.54, 1.807) is 11.0 Å². The Labute approximate surface area is 117 Å². The summed E-state index contributed by atoms with van der Waals surface area (Å²) < 4.78 is 15.5. The largest absolute Gasteiger partial charge is 0.355 e. The molecule has 0 atom stereocenters. The fraction of sp³-hybridized carbons (Fsp3) is 0.429. The van der Waals surface area contributed by atoms with Crippen LogP contribution in [0.15, 0.2) is 18.2 Å². The average Bonchev–Trinajstić information content (AvgIpc) is 2.68. The number of benzene rings is 1. The Morgan fingerprint density at radius 2 is 2.20 bits per heavy atom. The van der Waals surface area contributed by atoms with Crippen molar-refractivity contribution in [1.82, 2.24) is 19.8 Å². The highest BCUT2D eigenvalue weighted by atomic mass is 19.1. The van der Waals surface area contributed by atoms with E-state index < -0.39 is 0 Å². The first-order valence-electron chi connectivity index (χ1n) is 6.50. The highest BCUT2D eigenvalue weighted by Gasteiger charge is 2.11. The predicted molar refractivity (Wildman–Crippen MR) is 75.9 cm³/mol. The molecule has 1 N–H and O–H groups in total. The molecule has 0 fully saturated rings. The molecule has 5 nitrogen and oxygen atoms in total. The number of aromatic nitrogens is 2. The summed E-state index contributed by atoms with van der Waals surface area (Å²) in [5.41, 5.74) is 1.14. The molecule has 0 bridgehead atoms. The van der Waals surface area contributed by atoms with Crippen molar-refractivity contribution in [3.63, 3.8) is 0 Å². The lowest BCUT2D eigenvalue weighted by molar-refractivity contribution is -0.121. The quantitative estimate of drug-likeness (QED) is 0.885. The molecule has 0 spiro atoms. The average molecular weight is 278 g/mol. The molecule has 2 aromatic rings. The first-order chi connectivity index (χ1) is 9.49. The number of nitrogens with zero attached hydrogens (tertiary/aromatic N) is 3. The van der Waals surface area contributed by atoms with Crippen LogP contribution in [0.3, 0.4) is 0 Å². The number of hydrogen-bond acceptors (Lipinski definition) is 3. The second-order valence-electron chi connectivity index (χ2n) is 5.03. The normalized spacial score (nSPS) is 11.2. The molecule has 2 rings (SSSR count). The fourth-order valence-corrected chi connectivity index (χ4v) is 2.11. The van der Waals surface area contributed by atoms with Crippen LogP contribution in [0.25, 0.3) is 11.0 Å². The Bertz CT molecular complexity index is 621. The number of hydrogen-bond donors (Lipinski definition) is 1. The molecule has 0 aliphatic carbocycles. The molecule has 6 heteroatoms. The van der Waals surface area contributed by atoms with E-state index in [9.17, 15) is 9.18 Å². The highest BCUT2D eigenvalue weighted by Crippen LogP contribution is 2.17. The number of para-hydroxylation sites is 1. The molecule has 0 saturated carbocycles. The second-order valence-corrected chi connectivity index (χ2v) is 5.03. The maximum absolute atomic E-state index is 13.6. The number of fused-ring (bicyclic) bond motifs is 1. The number of imidazole rings is 1. The van der Waals surface area contributed by atoms with Gasteiger partial charge in [0.05, 0.1) is 12.1 Å². The van der Waals surface area contributed by atoms with Crippen molar-refractivity contribution in [2.24, 2.45) is 7.05 Å². The lowest BCUT2D eigenvalue weighted by atomic mass is 10.3. The van der Waals surface area contributed by atoms with E-state index in [2.05, 4.69) is 10.3 Å². The van der Waals surface area contributed by atoms with Crippen molar-refractivity contribution in [2.75, 3.05) is 27.2 Å². The molecular formula is C14H19FN4O. The van der Waals surface area contributed by atoms with Gasteiger partial charge >= 0.3 is 0 Å². The summed E-state index contributed by atoms with van der Waals surface area (Å²) in [4.78, 5) is 17.6. The van der Waals surface area contributed by atoms with Crippen molar-refractivity contribution in [3.8, 4) is 0 Å². The predicted octanol–water partition coefficient (Wildman–Crippen LogP) is 0.933. The molecule has 0 unspecified atom stereocenters. The first-order valence-corrected chi connectivity index (χ1v) is 6.50. The molecule has 1 aromatic carbocycles. The van der Waals surface area contributed by atoms with Gasteiger partial charge in [-0.15, -0.1) is 0 Å². The number of rotatable bonds is 5. The third kappa shape index (κ3) is 3.14. The third-order valence-electron chi connectivity index (χ3n) is 3.09. The van der Waals surface area contributed by atoms with E-state index in [0.717, 1.165) is 11.3 Å². The van der Waals surface area contributed by atoms with Gasteiger partial charge in [0.15, 0.2) is 5.82 Å². The zero-order valence-corrected chi connectivity index (χ0v) is 12.0. The minimum atomic E-state index is -0.319. The van der Waals surface area contributed by atoms with Crippen molar-refractivity contribution < 1.29 is 9.18 Å². The van der Waals surface area contributed by atoms with Gasteiger partial charge in [-0.05, 0) is 26.2 Å². The monoisotopic (exact) mass is 278 g/mol. The van der Waals surface area contributed by atoms with Gasteiger partial charge in [0.1, 0.15) is 11.3 Å². The lowest BCUT2D eigenvalue weighted by Crippen LogP contribution is -2.34. The van der Waals surface area contributed by atoms with Crippen LogP contribution < -0.4 is 5.32 Å². The number of halogens is 1. The van der Waals surface area contributed by atoms with Gasteiger partial charge in [0, 0.05) is 20.0 Å². The smallest absolute Gasteiger partial charge is 0.234 e. The Hall–Kier alpha value is -1.95. The van der Waals surface area contributed by atoms with Gasteiger partial charge in [0.2, 0.25) is 5.91 Å². The highest BCUT2D eigenvalue weighted by molar-refractivity contribution is 5.78. The minimum absolute atomic E-state index is 0.0278. The van der Waals surface area contributed by atoms with Gasteiger partial charge in [-0.2, -0.15) is 0 Å². The number of carbonyl (C=O) groups excluding carboxylic acids is 1. The van der Waals surface area contributed by atoms with Crippen LogP contribution in [-0.4, -0.2) is 47.5 Å². The molecule has 1 amide bonds. The molecule has 0 aliphatic heterocycles. The lowest BCUT2D eigenvalue weighted by Gasteiger charge is -2.09. The van der Waals surface area contributed by atoms with Crippen molar-refractivity contribution >= 4 is 16.9 Å². The van der Waals surface area contributed by atoms with Crippen LogP contribution in [0, 0.1) is 5.82 Å². The summed E-state index contributed by atoms with van der Waals surface area (Å²) >= 11 is 0. The Morgan fingerprint density at radius 3 is 2.85 bits per heavy atom. The maximum Gasteiger partial charge on any atom is 0.234 e. The van der Waals surface area contributed by atoms with Crippen LogP contribution in [0.2, 0.25) is 0 Å². The Kier molecular flexibility index (Phi) is 4.34. The van der Waals surface area contributed by atoms with E-state index in [1.807, 2.05) is 31.8 Å². The molecule has 1 aromatic heterocycles. The van der Waals surface area contributed by atoms with Crippen molar-refractivity contribution in [2.45, 2.75) is 6.42 Å². The van der Waals surface area contributed by atoms with E-state index in [-0.39, 0.29) is 11.7 Å². The van der Waals surface area contributed by atoms with Crippen LogP contribution >= 0.6 is 0 Å². The molecule has 1 heterocycles. The van der Waals surface area contributed by atoms with Crippen LogP contribution in [0.5, 0.6) is 0 Å². The zero-order chi connectivity index (χ0) is 14.7. The molecule has 0 saturated heterocycles. The summed E-state index contributed by atoms with van der Waals surface area (Å²) in [6.07, 6.45) is 0.573. The van der Waals surface area contributed by atoms with Crippen molar-refractivity contribution in [3.05, 3.63) is 29.8 Å². The standard InChI is InChI=1S/C14H19FN4O/c1-18(2)9-13(20)16-8-7-12-17-14-10(15)5-4-6-11(14)19(12)3/h4-6H,7-9H2,1-3H3,(H,16,20). The van der Waals surface area contributed by atoms with Crippen molar-refractivity contribution in [1.29, 1.82) is 0 Å². The van der Waals surface area contributed by atoms with Gasteiger partial charge in [0.25, 0.3) is 0 Å². The SMILES string of the molecule is CN(C)CC(=O)NCCc1nc2c(F)cccc2n1C. The van der Waals surface area contributed by atoms with Gasteiger partial charge in [-0.25, -0.2) is 9.37 Å². The van der Waals surface area contributed by atoms with E-state index in [4.69, 9.17) is 0 Å². The third-order valence-corrected chi connectivity index (χ3v) is 3.09. The Balaban J connectivity index is 2.02. The molecule has 108 valence electrons. The van der Waals surface area contributed by atoms with Gasteiger partial charge < -0.3 is 14.8 Å². The fourth-order valence-electron chi connectivity index (χ4n) is 2.11. The number of nitrogens with one attached hydrogen (secondary N) is 1. The van der Waals surface area contributed by atoms with Gasteiger partial charge in [-0.3, -0.25) is 4.79 Å². The zero-order valence-electron chi connectivity index (χ0n) is 12.0. The van der Waals surface area contributed by atoms with E-state index >= 15 is 0 Å². The van der Waals surface area contributed by atoms with Crippen LogP contribution in [0.4, 0.5) is 4.39 Å². The molecular weight excluding hydrogens is 259 g/mol. The van der Waals surface area contributed by atoms with Crippen LogP contribution in [0.1, 0.15) is 5.82 Å². The summed E-state index contributed by atoms with van der Waals surface area (Å²) in [6.45, 7) is 0.850. The number of likely N-dealkylation sites (N-methyl/N-ethyl adjacent to an activating group) is 1. The maximum atomic E-state index is 13.6. The van der Waals surface area contributed by atoms with Crippen LogP contribution in [-0.2, 0) is 18.3 Å². The second kappa shape index (κ2) is 6.00. The summed E-state index contributed by atoms with van der Waals surface area (Å²) in [5, 5.41) is 2.82. The first kappa shape index (κ1) is 14.5. The summed E-state index contributed by atoms with van der Waals surface area (Å²) in [7, 11) is 5.54. The molecule has 0 aliphatic rings. The van der Waals surface area contributed by atoms with E-state index in [0.29, 0.717) is 25.0 Å². The summed E-state index contributed by atoms with van der Waals surface area (Å²) in [5.74, 6) is 0.413. The topological polar surface area (TPSA) is 50.2 Å². The number of amides is 1. The van der Waals surface area contributed by atoms with E-state index in [1.165, 1.54) is 6.07 Å².